The summed E-state index contributed by atoms with van der Waals surface area (Å²) in [5, 5.41) is 4.10. The fourth-order valence-corrected chi connectivity index (χ4v) is 1.71. The van der Waals surface area contributed by atoms with Crippen molar-refractivity contribution >= 4 is 33.2 Å². The molecule has 14 heavy (non-hydrogen) atoms. The van der Waals surface area contributed by atoms with Crippen molar-refractivity contribution in [3.63, 3.8) is 0 Å². The van der Waals surface area contributed by atoms with E-state index < -0.39 is 0 Å². The molecular weight excluding hydrogens is 261 g/mol. The Kier molecular flexibility index (Phi) is 4.76. The second kappa shape index (κ2) is 5.62. The molecule has 0 aliphatic carbocycles. The number of anilines is 1. The van der Waals surface area contributed by atoms with E-state index in [-0.39, 0.29) is 0 Å². The third-order valence-electron chi connectivity index (χ3n) is 1.99. The summed E-state index contributed by atoms with van der Waals surface area (Å²) in [6, 6.07) is 5.85. The molecule has 0 aromatic heterocycles. The minimum atomic E-state index is 0.723. The third-order valence-corrected chi connectivity index (χ3v) is 3.39. The smallest absolute Gasteiger partial charge is 0.0593 e. The number of halogens is 2. The number of rotatable bonds is 4. The minimum absolute atomic E-state index is 0.723. The van der Waals surface area contributed by atoms with Crippen LogP contribution in [0.25, 0.3) is 0 Å². The Morgan fingerprint density at radius 2 is 2.14 bits per heavy atom. The molecule has 0 bridgehead atoms. The van der Waals surface area contributed by atoms with Gasteiger partial charge in [0.1, 0.15) is 0 Å². The molecule has 1 aromatic carbocycles. The van der Waals surface area contributed by atoms with Gasteiger partial charge in [0.25, 0.3) is 0 Å². The first-order valence-corrected chi connectivity index (χ1v) is 5.96. The first kappa shape index (κ1) is 11.9. The highest BCUT2D eigenvalue weighted by Gasteiger charge is 2.02. The summed E-state index contributed by atoms with van der Waals surface area (Å²) >= 11 is 9.42. The zero-order valence-corrected chi connectivity index (χ0v) is 10.8. The molecule has 1 N–H and O–H groups in total. The topological polar surface area (TPSA) is 12.0 Å². The van der Waals surface area contributed by atoms with Gasteiger partial charge in [0, 0.05) is 12.2 Å². The van der Waals surface area contributed by atoms with Gasteiger partial charge in [-0.15, -0.1) is 0 Å². The number of hydrogen-bond acceptors (Lipinski definition) is 1. The maximum absolute atomic E-state index is 5.97. The lowest BCUT2D eigenvalue weighted by Gasteiger charge is -2.10. The van der Waals surface area contributed by atoms with Gasteiger partial charge in [-0.05, 0) is 40.4 Å². The van der Waals surface area contributed by atoms with Crippen molar-refractivity contribution in [2.24, 2.45) is 5.92 Å². The van der Waals surface area contributed by atoms with Crippen LogP contribution < -0.4 is 5.32 Å². The van der Waals surface area contributed by atoms with Crippen LogP contribution in [0.3, 0.4) is 0 Å². The number of benzene rings is 1. The van der Waals surface area contributed by atoms with Gasteiger partial charge in [-0.25, -0.2) is 0 Å². The molecule has 1 nitrogen and oxygen atoms in total. The van der Waals surface area contributed by atoms with Gasteiger partial charge < -0.3 is 5.32 Å². The lowest BCUT2D eigenvalue weighted by Crippen LogP contribution is -2.05. The van der Waals surface area contributed by atoms with Gasteiger partial charge in [-0.3, -0.25) is 0 Å². The summed E-state index contributed by atoms with van der Waals surface area (Å²) in [6.45, 7) is 5.42. The Morgan fingerprint density at radius 1 is 1.43 bits per heavy atom. The highest BCUT2D eigenvalue weighted by Crippen LogP contribution is 2.29. The van der Waals surface area contributed by atoms with Gasteiger partial charge in [0.2, 0.25) is 0 Å². The molecule has 3 heteroatoms. The molecule has 0 unspecified atom stereocenters. The SMILES string of the molecule is CC(C)CCNc1cccc(Cl)c1Br. The second-order valence-corrected chi connectivity index (χ2v) is 4.91. The molecule has 0 saturated heterocycles. The Morgan fingerprint density at radius 3 is 2.79 bits per heavy atom. The minimum Gasteiger partial charge on any atom is -0.384 e. The summed E-state index contributed by atoms with van der Waals surface area (Å²) in [5.41, 5.74) is 1.07. The number of nitrogens with one attached hydrogen (secondary N) is 1. The maximum Gasteiger partial charge on any atom is 0.0593 e. The van der Waals surface area contributed by atoms with E-state index in [0.29, 0.717) is 0 Å². The van der Waals surface area contributed by atoms with Gasteiger partial charge in [-0.2, -0.15) is 0 Å². The fourth-order valence-electron chi connectivity index (χ4n) is 1.14. The van der Waals surface area contributed by atoms with Gasteiger partial charge in [0.05, 0.1) is 9.50 Å². The van der Waals surface area contributed by atoms with Crippen LogP contribution >= 0.6 is 27.5 Å². The number of hydrogen-bond donors (Lipinski definition) is 1. The molecule has 1 aromatic rings. The monoisotopic (exact) mass is 275 g/mol. The van der Waals surface area contributed by atoms with Crippen molar-refractivity contribution in [2.75, 3.05) is 11.9 Å². The van der Waals surface area contributed by atoms with Crippen LogP contribution in [-0.2, 0) is 0 Å². The molecule has 0 heterocycles. The van der Waals surface area contributed by atoms with E-state index in [1.54, 1.807) is 0 Å². The lowest BCUT2D eigenvalue weighted by atomic mass is 10.1. The van der Waals surface area contributed by atoms with Crippen molar-refractivity contribution in [3.8, 4) is 0 Å². The van der Waals surface area contributed by atoms with Crippen molar-refractivity contribution in [3.05, 3.63) is 27.7 Å². The zero-order chi connectivity index (χ0) is 10.6. The van der Waals surface area contributed by atoms with Crippen molar-refractivity contribution < 1.29 is 0 Å². The van der Waals surface area contributed by atoms with E-state index in [9.17, 15) is 0 Å². The molecule has 0 spiro atoms. The normalized spacial score (nSPS) is 10.6. The van der Waals surface area contributed by atoms with E-state index in [0.717, 1.165) is 27.6 Å². The molecular formula is C11H15BrClN. The van der Waals surface area contributed by atoms with Gasteiger partial charge in [-0.1, -0.05) is 31.5 Å². The Labute approximate surface area is 99.0 Å². The van der Waals surface area contributed by atoms with Crippen LogP contribution in [0.5, 0.6) is 0 Å². The highest BCUT2D eigenvalue weighted by molar-refractivity contribution is 9.10. The van der Waals surface area contributed by atoms with E-state index in [2.05, 4.69) is 35.1 Å². The second-order valence-electron chi connectivity index (χ2n) is 3.71. The Balaban J connectivity index is 2.54. The Bertz CT molecular complexity index is 299. The summed E-state index contributed by atoms with van der Waals surface area (Å²) in [4.78, 5) is 0. The molecule has 0 atom stereocenters. The maximum atomic E-state index is 5.97. The largest absolute Gasteiger partial charge is 0.384 e. The molecule has 0 radical (unpaired) electrons. The molecule has 0 aliphatic rings. The molecule has 0 aliphatic heterocycles. The Hall–Kier alpha value is -0.210. The van der Waals surface area contributed by atoms with Crippen molar-refractivity contribution in [1.82, 2.24) is 0 Å². The van der Waals surface area contributed by atoms with Crippen LogP contribution in [-0.4, -0.2) is 6.54 Å². The van der Waals surface area contributed by atoms with Gasteiger partial charge >= 0.3 is 0 Å². The van der Waals surface area contributed by atoms with Crippen molar-refractivity contribution in [1.29, 1.82) is 0 Å². The third kappa shape index (κ3) is 3.50. The fraction of sp³-hybridized carbons (Fsp3) is 0.455. The van der Waals surface area contributed by atoms with Crippen LogP contribution in [0.2, 0.25) is 5.02 Å². The standard InChI is InChI=1S/C11H15BrClN/c1-8(2)6-7-14-10-5-3-4-9(13)11(10)12/h3-5,8,14H,6-7H2,1-2H3. The predicted octanol–water partition coefficient (Wildman–Crippen LogP) is 4.56. The lowest BCUT2D eigenvalue weighted by molar-refractivity contribution is 0.607. The summed E-state index contributed by atoms with van der Waals surface area (Å²) < 4.78 is 0.949. The quantitative estimate of drug-likeness (QED) is 0.850. The van der Waals surface area contributed by atoms with E-state index in [1.165, 1.54) is 6.42 Å². The summed E-state index contributed by atoms with van der Waals surface area (Å²) in [6.07, 6.45) is 1.17. The molecule has 0 fully saturated rings. The summed E-state index contributed by atoms with van der Waals surface area (Å²) in [7, 11) is 0. The van der Waals surface area contributed by atoms with E-state index >= 15 is 0 Å². The van der Waals surface area contributed by atoms with Crippen molar-refractivity contribution in [2.45, 2.75) is 20.3 Å². The summed E-state index contributed by atoms with van der Waals surface area (Å²) in [5.74, 6) is 0.723. The van der Waals surface area contributed by atoms with Crippen LogP contribution in [0, 0.1) is 5.92 Å². The first-order chi connectivity index (χ1) is 6.61. The molecule has 0 amide bonds. The molecule has 1 rings (SSSR count). The predicted molar refractivity (Wildman–Crippen MR) is 67.1 cm³/mol. The van der Waals surface area contributed by atoms with E-state index in [1.807, 2.05) is 18.2 Å². The average molecular weight is 277 g/mol. The molecule has 78 valence electrons. The average Bonchev–Trinajstić information content (AvgIpc) is 2.12. The highest BCUT2D eigenvalue weighted by atomic mass is 79.9. The first-order valence-electron chi connectivity index (χ1n) is 4.79. The zero-order valence-electron chi connectivity index (χ0n) is 8.48. The van der Waals surface area contributed by atoms with E-state index in [4.69, 9.17) is 11.6 Å². The van der Waals surface area contributed by atoms with Crippen LogP contribution in [0.15, 0.2) is 22.7 Å². The molecule has 0 saturated carbocycles. The van der Waals surface area contributed by atoms with Crippen LogP contribution in [0.1, 0.15) is 20.3 Å². The van der Waals surface area contributed by atoms with Crippen LogP contribution in [0.4, 0.5) is 5.69 Å². The van der Waals surface area contributed by atoms with Gasteiger partial charge in [0.15, 0.2) is 0 Å².